The van der Waals surface area contributed by atoms with Crippen LogP contribution in [0.15, 0.2) is 114 Å². The highest BCUT2D eigenvalue weighted by atomic mass is 32.2. The van der Waals surface area contributed by atoms with Gasteiger partial charge in [-0.1, -0.05) is 102 Å². The quantitative estimate of drug-likeness (QED) is 0.290. The Bertz CT molecular complexity index is 1310. The number of aromatic nitrogens is 2. The highest BCUT2D eigenvalue weighted by molar-refractivity contribution is 7.99. The SMILES string of the molecule is Cc1ccc(C(O)C(Sc2ccccc2)n2c(-c3ccccc3)nc3ccccc32)cc1. The standard InChI is InChI=1S/C28H24N2OS/c1-20-16-18-21(19-17-20)26(31)28(32-23-12-6-3-7-13-23)30-25-15-9-8-14-24(25)29-27(30)22-10-4-2-5-11-22/h2-19,26,28,31H,1H3. The number of rotatable bonds is 6. The third kappa shape index (κ3) is 4.07. The van der Waals surface area contributed by atoms with Crippen LogP contribution in [-0.2, 0) is 0 Å². The highest BCUT2D eigenvalue weighted by Crippen LogP contribution is 2.44. The number of aryl methyl sites for hydroxylation is 1. The van der Waals surface area contributed by atoms with Crippen LogP contribution in [0.3, 0.4) is 0 Å². The van der Waals surface area contributed by atoms with Crippen molar-refractivity contribution in [1.82, 2.24) is 9.55 Å². The molecule has 0 amide bonds. The van der Waals surface area contributed by atoms with Gasteiger partial charge in [-0.2, -0.15) is 0 Å². The fraction of sp³-hybridized carbons (Fsp3) is 0.107. The van der Waals surface area contributed by atoms with Crippen LogP contribution in [0.1, 0.15) is 22.6 Å². The first kappa shape index (κ1) is 20.6. The number of benzene rings is 4. The van der Waals surface area contributed by atoms with Crippen LogP contribution in [-0.4, -0.2) is 14.7 Å². The van der Waals surface area contributed by atoms with E-state index in [-0.39, 0.29) is 5.37 Å². The van der Waals surface area contributed by atoms with E-state index >= 15 is 0 Å². The Hall–Kier alpha value is -3.34. The molecule has 0 radical (unpaired) electrons. The van der Waals surface area contributed by atoms with Gasteiger partial charge in [-0.25, -0.2) is 4.98 Å². The Labute approximate surface area is 192 Å². The maximum Gasteiger partial charge on any atom is 0.142 e. The molecule has 5 aromatic rings. The summed E-state index contributed by atoms with van der Waals surface area (Å²) in [6, 6.07) is 36.7. The molecule has 1 aromatic heterocycles. The molecule has 0 spiro atoms. The second-order valence-corrected chi connectivity index (χ2v) is 9.03. The van der Waals surface area contributed by atoms with Crippen LogP contribution < -0.4 is 0 Å². The molecule has 1 N–H and O–H groups in total. The van der Waals surface area contributed by atoms with Gasteiger partial charge in [0, 0.05) is 10.5 Å². The van der Waals surface area contributed by atoms with E-state index in [1.54, 1.807) is 11.8 Å². The van der Waals surface area contributed by atoms with E-state index in [9.17, 15) is 5.11 Å². The lowest BCUT2D eigenvalue weighted by atomic mass is 10.1. The second kappa shape index (κ2) is 9.03. The minimum atomic E-state index is -0.721. The predicted octanol–water partition coefficient (Wildman–Crippen LogP) is 7.04. The first-order valence-electron chi connectivity index (χ1n) is 10.7. The zero-order valence-electron chi connectivity index (χ0n) is 17.8. The normalized spacial score (nSPS) is 13.2. The molecule has 0 fully saturated rings. The summed E-state index contributed by atoms with van der Waals surface area (Å²) < 4.78 is 2.19. The first-order chi connectivity index (χ1) is 15.7. The topological polar surface area (TPSA) is 38.0 Å². The number of hydrogen-bond acceptors (Lipinski definition) is 3. The molecule has 0 aliphatic heterocycles. The fourth-order valence-corrected chi connectivity index (χ4v) is 5.12. The lowest BCUT2D eigenvalue weighted by Crippen LogP contribution is -2.16. The van der Waals surface area contributed by atoms with Crippen molar-refractivity contribution in [2.75, 3.05) is 0 Å². The number of thioether (sulfide) groups is 1. The Kier molecular flexibility index (Phi) is 5.80. The second-order valence-electron chi connectivity index (χ2n) is 7.84. The summed E-state index contributed by atoms with van der Waals surface area (Å²) in [6.45, 7) is 2.06. The van der Waals surface area contributed by atoms with Crippen molar-refractivity contribution in [1.29, 1.82) is 0 Å². The molecule has 0 bridgehead atoms. The smallest absolute Gasteiger partial charge is 0.142 e. The molecule has 4 heteroatoms. The van der Waals surface area contributed by atoms with Gasteiger partial charge >= 0.3 is 0 Å². The molecule has 0 saturated carbocycles. The zero-order chi connectivity index (χ0) is 21.9. The van der Waals surface area contributed by atoms with E-state index in [1.165, 1.54) is 5.56 Å². The van der Waals surface area contributed by atoms with Crippen molar-refractivity contribution in [2.45, 2.75) is 23.3 Å². The number of aliphatic hydroxyl groups is 1. The third-order valence-corrected chi connectivity index (χ3v) is 6.83. The summed E-state index contributed by atoms with van der Waals surface area (Å²) in [5, 5.41) is 11.4. The lowest BCUT2D eigenvalue weighted by Gasteiger charge is -2.27. The summed E-state index contributed by atoms with van der Waals surface area (Å²) in [7, 11) is 0. The molecule has 2 atom stereocenters. The van der Waals surface area contributed by atoms with E-state index in [0.717, 1.165) is 32.9 Å². The summed E-state index contributed by atoms with van der Waals surface area (Å²) in [5.41, 5.74) is 5.01. The Morgan fingerprint density at radius 1 is 0.750 bits per heavy atom. The Morgan fingerprint density at radius 3 is 2.09 bits per heavy atom. The van der Waals surface area contributed by atoms with E-state index in [2.05, 4.69) is 41.8 Å². The molecule has 1 heterocycles. The predicted molar refractivity (Wildman–Crippen MR) is 133 cm³/mol. The zero-order valence-corrected chi connectivity index (χ0v) is 18.6. The van der Waals surface area contributed by atoms with Crippen molar-refractivity contribution in [3.63, 3.8) is 0 Å². The maximum absolute atomic E-state index is 11.7. The van der Waals surface area contributed by atoms with Crippen LogP contribution in [0.25, 0.3) is 22.4 Å². The third-order valence-electron chi connectivity index (χ3n) is 5.57. The fourth-order valence-electron chi connectivity index (χ4n) is 3.92. The van der Waals surface area contributed by atoms with Gasteiger partial charge in [0.25, 0.3) is 0 Å². The van der Waals surface area contributed by atoms with Gasteiger partial charge in [0.1, 0.15) is 17.3 Å². The summed E-state index contributed by atoms with van der Waals surface area (Å²) >= 11 is 1.65. The molecule has 3 nitrogen and oxygen atoms in total. The molecular formula is C28H24N2OS. The first-order valence-corrected chi connectivity index (χ1v) is 11.6. The summed E-state index contributed by atoms with van der Waals surface area (Å²) in [5.74, 6) is 0.853. The average molecular weight is 437 g/mol. The molecule has 5 rings (SSSR count). The highest BCUT2D eigenvalue weighted by Gasteiger charge is 2.28. The number of hydrogen-bond donors (Lipinski definition) is 1. The average Bonchev–Trinajstić information content (AvgIpc) is 3.23. The molecule has 158 valence electrons. The molecule has 0 aliphatic rings. The summed E-state index contributed by atoms with van der Waals surface area (Å²) in [6.07, 6.45) is -0.721. The van der Waals surface area contributed by atoms with Gasteiger partial charge in [-0.15, -0.1) is 0 Å². The van der Waals surface area contributed by atoms with Crippen LogP contribution in [0.2, 0.25) is 0 Å². The molecule has 2 unspecified atom stereocenters. The van der Waals surface area contributed by atoms with E-state index in [4.69, 9.17) is 4.98 Å². The van der Waals surface area contributed by atoms with Crippen molar-refractivity contribution < 1.29 is 5.11 Å². The van der Waals surface area contributed by atoms with E-state index in [0.29, 0.717) is 0 Å². The molecule has 32 heavy (non-hydrogen) atoms. The van der Waals surface area contributed by atoms with Crippen LogP contribution in [0, 0.1) is 6.92 Å². The molecule has 4 aromatic carbocycles. The lowest BCUT2D eigenvalue weighted by molar-refractivity contribution is 0.154. The van der Waals surface area contributed by atoms with Crippen molar-refractivity contribution in [3.8, 4) is 11.4 Å². The minimum Gasteiger partial charge on any atom is -0.385 e. The Morgan fingerprint density at radius 2 is 1.38 bits per heavy atom. The van der Waals surface area contributed by atoms with Gasteiger partial charge < -0.3 is 9.67 Å². The van der Waals surface area contributed by atoms with Gasteiger partial charge in [-0.05, 0) is 36.8 Å². The largest absolute Gasteiger partial charge is 0.385 e. The van der Waals surface area contributed by atoms with Crippen molar-refractivity contribution in [2.24, 2.45) is 0 Å². The Balaban J connectivity index is 1.71. The molecule has 0 saturated heterocycles. The van der Waals surface area contributed by atoms with Gasteiger partial charge in [-0.3, -0.25) is 0 Å². The number of para-hydroxylation sites is 2. The van der Waals surface area contributed by atoms with Gasteiger partial charge in [0.2, 0.25) is 0 Å². The minimum absolute atomic E-state index is 0.303. The molecular weight excluding hydrogens is 412 g/mol. The maximum atomic E-state index is 11.7. The number of nitrogens with zero attached hydrogens (tertiary/aromatic N) is 2. The van der Waals surface area contributed by atoms with Crippen LogP contribution in [0.5, 0.6) is 0 Å². The number of aliphatic hydroxyl groups excluding tert-OH is 1. The van der Waals surface area contributed by atoms with Crippen LogP contribution in [0.4, 0.5) is 0 Å². The van der Waals surface area contributed by atoms with Gasteiger partial charge in [0.05, 0.1) is 11.0 Å². The summed E-state index contributed by atoms with van der Waals surface area (Å²) in [4.78, 5) is 6.07. The van der Waals surface area contributed by atoms with Crippen molar-refractivity contribution in [3.05, 3.63) is 120 Å². The van der Waals surface area contributed by atoms with Crippen molar-refractivity contribution >= 4 is 22.8 Å². The number of fused-ring (bicyclic) bond motifs is 1. The van der Waals surface area contributed by atoms with Crippen LogP contribution >= 0.6 is 11.8 Å². The van der Waals surface area contributed by atoms with E-state index < -0.39 is 6.10 Å². The number of imidazole rings is 1. The molecule has 0 aliphatic carbocycles. The van der Waals surface area contributed by atoms with Gasteiger partial charge in [0.15, 0.2) is 0 Å². The monoisotopic (exact) mass is 436 g/mol. The van der Waals surface area contributed by atoms with E-state index in [1.807, 2.05) is 78.9 Å².